The molecule has 0 amide bonds. The Hall–Kier alpha value is -2.15. The van der Waals surface area contributed by atoms with Crippen LogP contribution >= 0.6 is 0 Å². The predicted octanol–water partition coefficient (Wildman–Crippen LogP) is 4.77. The summed E-state index contributed by atoms with van der Waals surface area (Å²) < 4.78 is 18.8. The largest absolute Gasteiger partial charge is 0.426 e. The fourth-order valence-electron chi connectivity index (χ4n) is 3.03. The molecule has 0 aliphatic heterocycles. The molecule has 0 atom stereocenters. The Balaban J connectivity index is 1.83. The topological polar surface area (TPSA) is 50.1 Å². The Bertz CT molecular complexity index is 610. The zero-order valence-electron chi connectivity index (χ0n) is 13.4. The molecule has 0 bridgehead atoms. The number of ether oxygens (including phenoxy) is 1. The zero-order chi connectivity index (χ0) is 16.7. The molecule has 0 saturated heterocycles. The summed E-state index contributed by atoms with van der Waals surface area (Å²) in [4.78, 5) is 12.2. The summed E-state index contributed by atoms with van der Waals surface area (Å²) in [7, 11) is 0. The number of halogens is 1. The van der Waals surface area contributed by atoms with Crippen molar-refractivity contribution in [1.29, 1.82) is 5.26 Å². The molecule has 1 aliphatic carbocycles. The highest BCUT2D eigenvalue weighted by molar-refractivity contribution is 5.75. The SMILES string of the molecule is C/C=C/CC[C@H]1CC[C@H](C(=O)Oc2ccc(C#N)c(F)c2)CC1. The minimum Gasteiger partial charge on any atom is -0.426 e. The Labute approximate surface area is 136 Å². The van der Waals surface area contributed by atoms with Gasteiger partial charge in [0.2, 0.25) is 0 Å². The Morgan fingerprint density at radius 3 is 2.74 bits per heavy atom. The fourth-order valence-corrected chi connectivity index (χ4v) is 3.03. The van der Waals surface area contributed by atoms with Crippen LogP contribution in [0.4, 0.5) is 4.39 Å². The molecule has 0 radical (unpaired) electrons. The molecular formula is C19H22FNO2. The first-order valence-corrected chi connectivity index (χ1v) is 8.16. The summed E-state index contributed by atoms with van der Waals surface area (Å²) in [5, 5.41) is 8.70. The first-order chi connectivity index (χ1) is 11.1. The van der Waals surface area contributed by atoms with Crippen LogP contribution in [0.15, 0.2) is 30.4 Å². The number of nitrogens with zero attached hydrogens (tertiary/aromatic N) is 1. The van der Waals surface area contributed by atoms with E-state index in [1.54, 1.807) is 6.07 Å². The molecule has 1 saturated carbocycles. The number of hydrogen-bond donors (Lipinski definition) is 0. The highest BCUT2D eigenvalue weighted by Gasteiger charge is 2.27. The molecule has 0 unspecified atom stereocenters. The molecule has 1 aliphatic rings. The predicted molar refractivity (Wildman–Crippen MR) is 86.2 cm³/mol. The van der Waals surface area contributed by atoms with E-state index in [2.05, 4.69) is 12.2 Å². The van der Waals surface area contributed by atoms with E-state index in [0.717, 1.165) is 38.2 Å². The van der Waals surface area contributed by atoms with Crippen molar-refractivity contribution in [3.8, 4) is 11.8 Å². The van der Waals surface area contributed by atoms with Crippen LogP contribution in [0.5, 0.6) is 5.75 Å². The van der Waals surface area contributed by atoms with E-state index in [0.29, 0.717) is 5.92 Å². The molecule has 4 heteroatoms. The maximum Gasteiger partial charge on any atom is 0.314 e. The van der Waals surface area contributed by atoms with Crippen molar-refractivity contribution in [2.45, 2.75) is 45.4 Å². The molecule has 1 aromatic carbocycles. The molecule has 1 fully saturated rings. The van der Waals surface area contributed by atoms with Crippen LogP contribution in [0.25, 0.3) is 0 Å². The van der Waals surface area contributed by atoms with Gasteiger partial charge < -0.3 is 4.74 Å². The van der Waals surface area contributed by atoms with E-state index in [1.807, 2.05) is 6.92 Å². The van der Waals surface area contributed by atoms with Crippen molar-refractivity contribution in [1.82, 2.24) is 0 Å². The Morgan fingerprint density at radius 2 is 2.13 bits per heavy atom. The number of carbonyl (C=O) groups is 1. The summed E-state index contributed by atoms with van der Waals surface area (Å²) in [6, 6.07) is 5.63. The first kappa shape index (κ1) is 17.2. The number of allylic oxidation sites excluding steroid dienone is 2. The number of nitriles is 1. The van der Waals surface area contributed by atoms with Gasteiger partial charge in [0.15, 0.2) is 0 Å². The molecule has 1 aromatic rings. The van der Waals surface area contributed by atoms with Crippen LogP contribution in [-0.2, 0) is 4.79 Å². The maximum atomic E-state index is 13.5. The third kappa shape index (κ3) is 4.92. The normalized spacial score (nSPS) is 21.1. The molecule has 0 aromatic heterocycles. The van der Waals surface area contributed by atoms with Gasteiger partial charge in [0.1, 0.15) is 17.6 Å². The van der Waals surface area contributed by atoms with Gasteiger partial charge in [0, 0.05) is 6.07 Å². The van der Waals surface area contributed by atoms with E-state index in [9.17, 15) is 9.18 Å². The molecule has 122 valence electrons. The van der Waals surface area contributed by atoms with E-state index in [1.165, 1.54) is 18.6 Å². The monoisotopic (exact) mass is 315 g/mol. The van der Waals surface area contributed by atoms with E-state index in [-0.39, 0.29) is 23.2 Å². The lowest BCUT2D eigenvalue weighted by atomic mass is 9.80. The molecule has 0 spiro atoms. The third-order valence-electron chi connectivity index (χ3n) is 4.44. The summed E-state index contributed by atoms with van der Waals surface area (Å²) >= 11 is 0. The van der Waals surface area contributed by atoms with Gasteiger partial charge in [-0.15, -0.1) is 0 Å². The molecule has 2 rings (SSSR count). The van der Waals surface area contributed by atoms with Gasteiger partial charge in [-0.3, -0.25) is 4.79 Å². The van der Waals surface area contributed by atoms with Gasteiger partial charge in [0.05, 0.1) is 11.5 Å². The molecular weight excluding hydrogens is 293 g/mol. The van der Waals surface area contributed by atoms with Crippen molar-refractivity contribution >= 4 is 5.97 Å². The lowest BCUT2D eigenvalue weighted by molar-refractivity contribution is -0.140. The molecule has 3 nitrogen and oxygen atoms in total. The first-order valence-electron chi connectivity index (χ1n) is 8.16. The van der Waals surface area contributed by atoms with Crippen LogP contribution in [0.1, 0.15) is 51.0 Å². The maximum absolute atomic E-state index is 13.5. The standard InChI is InChI=1S/C19H22FNO2/c1-2-3-4-5-14-6-8-15(9-7-14)19(22)23-17-11-10-16(13-21)18(20)12-17/h2-3,10-12,14-15H,4-9H2,1H3/b3-2+/t14-,15-. The average Bonchev–Trinajstić information content (AvgIpc) is 2.56. The van der Waals surface area contributed by atoms with Crippen LogP contribution in [0.3, 0.4) is 0 Å². The van der Waals surface area contributed by atoms with Crippen LogP contribution in [-0.4, -0.2) is 5.97 Å². The minimum atomic E-state index is -0.662. The summed E-state index contributed by atoms with van der Waals surface area (Å²) in [5.41, 5.74) is -0.0496. The molecule has 0 N–H and O–H groups in total. The second-order valence-electron chi connectivity index (χ2n) is 6.04. The lowest BCUT2D eigenvalue weighted by Gasteiger charge is -2.26. The quantitative estimate of drug-likeness (QED) is 0.447. The number of carbonyl (C=O) groups excluding carboxylic acids is 1. The Kier molecular flexibility index (Phi) is 6.34. The molecule has 0 heterocycles. The van der Waals surface area contributed by atoms with Gasteiger partial charge in [-0.1, -0.05) is 12.2 Å². The second kappa shape index (κ2) is 8.47. The molecule has 23 heavy (non-hydrogen) atoms. The van der Waals surface area contributed by atoms with Crippen LogP contribution in [0, 0.1) is 29.0 Å². The van der Waals surface area contributed by atoms with Crippen molar-refractivity contribution < 1.29 is 13.9 Å². The van der Waals surface area contributed by atoms with Gasteiger partial charge >= 0.3 is 5.97 Å². The third-order valence-corrected chi connectivity index (χ3v) is 4.44. The smallest absolute Gasteiger partial charge is 0.314 e. The van der Waals surface area contributed by atoms with Crippen LogP contribution in [0.2, 0.25) is 0 Å². The Morgan fingerprint density at radius 1 is 1.39 bits per heavy atom. The average molecular weight is 315 g/mol. The van der Waals surface area contributed by atoms with Crippen molar-refractivity contribution in [2.75, 3.05) is 0 Å². The fraction of sp³-hybridized carbons (Fsp3) is 0.474. The lowest BCUT2D eigenvalue weighted by Crippen LogP contribution is -2.25. The highest BCUT2D eigenvalue weighted by atomic mass is 19.1. The van der Waals surface area contributed by atoms with E-state index in [4.69, 9.17) is 10.00 Å². The van der Waals surface area contributed by atoms with Crippen molar-refractivity contribution in [2.24, 2.45) is 11.8 Å². The number of hydrogen-bond acceptors (Lipinski definition) is 3. The van der Waals surface area contributed by atoms with E-state index < -0.39 is 5.82 Å². The minimum absolute atomic E-state index is 0.0496. The summed E-state index contributed by atoms with van der Waals surface area (Å²) in [5.74, 6) is -0.206. The van der Waals surface area contributed by atoms with E-state index >= 15 is 0 Å². The van der Waals surface area contributed by atoms with Gasteiger partial charge in [-0.2, -0.15) is 5.26 Å². The van der Waals surface area contributed by atoms with Gasteiger partial charge in [-0.25, -0.2) is 4.39 Å². The highest BCUT2D eigenvalue weighted by Crippen LogP contribution is 2.32. The zero-order valence-corrected chi connectivity index (χ0v) is 13.4. The second-order valence-corrected chi connectivity index (χ2v) is 6.04. The van der Waals surface area contributed by atoms with Crippen molar-refractivity contribution in [3.05, 3.63) is 41.7 Å². The van der Waals surface area contributed by atoms with Gasteiger partial charge in [0.25, 0.3) is 0 Å². The van der Waals surface area contributed by atoms with Crippen LogP contribution < -0.4 is 4.74 Å². The number of benzene rings is 1. The summed E-state index contributed by atoms with van der Waals surface area (Å²) in [6.07, 6.45) is 10.3. The van der Waals surface area contributed by atoms with Gasteiger partial charge in [-0.05, 0) is 63.5 Å². The number of rotatable bonds is 5. The van der Waals surface area contributed by atoms with Crippen molar-refractivity contribution in [3.63, 3.8) is 0 Å². The summed E-state index contributed by atoms with van der Waals surface area (Å²) in [6.45, 7) is 2.03. The number of esters is 1.